The van der Waals surface area contributed by atoms with Crippen LogP contribution in [0.4, 0.5) is 0 Å². The van der Waals surface area contributed by atoms with Crippen molar-refractivity contribution in [3.63, 3.8) is 0 Å². The molecule has 1 aromatic rings. The number of carbonyl (C=O) groups is 2. The molecule has 0 radical (unpaired) electrons. The standard InChI is InChI=1S/C15H30N2.C8H6O4/c1-10-7-12(3-5-14(10)16)9-13-4-6-15(17)11(2)8-13;9-7(10)5-1-2-6(4-3-5)8(11)12/h10-15H,3-9,16-17H2,1-2H3;1-4H,(H,9,10)(H,11,12). The summed E-state index contributed by atoms with van der Waals surface area (Å²) in [6, 6.07) is 5.95. The van der Waals surface area contributed by atoms with Gasteiger partial charge in [-0.2, -0.15) is 0 Å². The minimum absolute atomic E-state index is 0.0833. The highest BCUT2D eigenvalue weighted by molar-refractivity contribution is 5.91. The summed E-state index contributed by atoms with van der Waals surface area (Å²) in [5, 5.41) is 16.9. The van der Waals surface area contributed by atoms with E-state index in [2.05, 4.69) is 13.8 Å². The summed E-state index contributed by atoms with van der Waals surface area (Å²) < 4.78 is 0. The zero-order valence-electron chi connectivity index (χ0n) is 17.6. The van der Waals surface area contributed by atoms with Crippen LogP contribution < -0.4 is 11.5 Å². The first-order valence-corrected chi connectivity index (χ1v) is 10.7. The van der Waals surface area contributed by atoms with Crippen molar-refractivity contribution in [2.75, 3.05) is 0 Å². The summed E-state index contributed by atoms with van der Waals surface area (Å²) in [6.45, 7) is 4.66. The third-order valence-electron chi connectivity index (χ3n) is 6.73. The number of hydrogen-bond donors (Lipinski definition) is 4. The number of nitrogens with two attached hydrogens (primary N) is 2. The maximum Gasteiger partial charge on any atom is 0.335 e. The molecule has 6 unspecified atom stereocenters. The molecule has 2 fully saturated rings. The first kappa shape index (κ1) is 23.4. The predicted octanol–water partition coefficient (Wildman–Crippen LogP) is 3.99. The van der Waals surface area contributed by atoms with E-state index in [0.717, 1.165) is 23.7 Å². The highest BCUT2D eigenvalue weighted by Gasteiger charge is 2.30. The van der Waals surface area contributed by atoms with E-state index < -0.39 is 11.9 Å². The average molecular weight is 405 g/mol. The van der Waals surface area contributed by atoms with E-state index in [9.17, 15) is 9.59 Å². The predicted molar refractivity (Wildman–Crippen MR) is 114 cm³/mol. The number of hydrogen-bond acceptors (Lipinski definition) is 4. The molecule has 0 bridgehead atoms. The van der Waals surface area contributed by atoms with Gasteiger partial charge in [-0.05, 0) is 92.9 Å². The Morgan fingerprint density at radius 2 is 1.14 bits per heavy atom. The molecule has 0 amide bonds. The fraction of sp³-hybridized carbons (Fsp3) is 0.652. The summed E-state index contributed by atoms with van der Waals surface area (Å²) in [4.78, 5) is 20.7. The number of carboxylic acids is 2. The molecule has 2 saturated carbocycles. The van der Waals surface area contributed by atoms with Crippen LogP contribution in [-0.4, -0.2) is 34.2 Å². The molecule has 6 nitrogen and oxygen atoms in total. The molecule has 0 aliphatic heterocycles. The Morgan fingerprint density at radius 1 is 0.793 bits per heavy atom. The van der Waals surface area contributed by atoms with Gasteiger partial charge in [-0.1, -0.05) is 13.8 Å². The van der Waals surface area contributed by atoms with Crippen LogP contribution in [0.3, 0.4) is 0 Å². The zero-order valence-corrected chi connectivity index (χ0v) is 17.6. The topological polar surface area (TPSA) is 127 Å². The van der Waals surface area contributed by atoms with Crippen molar-refractivity contribution in [3.8, 4) is 0 Å². The van der Waals surface area contributed by atoms with Gasteiger partial charge in [0.25, 0.3) is 0 Å². The summed E-state index contributed by atoms with van der Waals surface area (Å²) in [7, 11) is 0. The molecule has 2 aliphatic rings. The van der Waals surface area contributed by atoms with Crippen LogP contribution >= 0.6 is 0 Å². The lowest BCUT2D eigenvalue weighted by Gasteiger charge is -2.37. The molecule has 2 aliphatic carbocycles. The molecule has 6 heteroatoms. The SMILES string of the molecule is CC1CC(CC2CCC(N)C(C)C2)CCC1N.O=C(O)c1ccc(C(=O)O)cc1. The minimum Gasteiger partial charge on any atom is -0.478 e. The van der Waals surface area contributed by atoms with Crippen LogP contribution in [-0.2, 0) is 0 Å². The molecule has 0 aromatic heterocycles. The van der Waals surface area contributed by atoms with E-state index in [1.165, 1.54) is 69.2 Å². The molecule has 0 spiro atoms. The maximum atomic E-state index is 10.3. The lowest BCUT2D eigenvalue weighted by atomic mass is 9.71. The lowest BCUT2D eigenvalue weighted by molar-refractivity contribution is 0.0681. The van der Waals surface area contributed by atoms with E-state index in [-0.39, 0.29) is 11.1 Å². The Morgan fingerprint density at radius 3 is 1.41 bits per heavy atom. The van der Waals surface area contributed by atoms with Gasteiger partial charge in [-0.25, -0.2) is 9.59 Å². The van der Waals surface area contributed by atoms with E-state index in [4.69, 9.17) is 21.7 Å². The van der Waals surface area contributed by atoms with Crippen LogP contribution in [0, 0.1) is 23.7 Å². The average Bonchev–Trinajstić information content (AvgIpc) is 2.68. The minimum atomic E-state index is -1.06. The largest absolute Gasteiger partial charge is 0.478 e. The van der Waals surface area contributed by atoms with Crippen molar-refractivity contribution >= 4 is 11.9 Å². The number of carboxylic acid groups (broad SMARTS) is 2. The molecule has 3 rings (SSSR count). The molecule has 162 valence electrons. The molecule has 1 aromatic carbocycles. The van der Waals surface area contributed by atoms with Gasteiger partial charge in [0, 0.05) is 12.1 Å². The normalized spacial score (nSPS) is 32.0. The Balaban J connectivity index is 0.000000221. The highest BCUT2D eigenvalue weighted by Crippen LogP contribution is 2.38. The summed E-state index contributed by atoms with van der Waals surface area (Å²) >= 11 is 0. The van der Waals surface area contributed by atoms with Gasteiger partial charge in [0.05, 0.1) is 11.1 Å². The Bertz CT molecular complexity index is 619. The van der Waals surface area contributed by atoms with Crippen LogP contribution in [0.25, 0.3) is 0 Å². The van der Waals surface area contributed by atoms with E-state index in [1.807, 2.05) is 0 Å². The molecular formula is C23H36N2O4. The number of benzene rings is 1. The lowest BCUT2D eigenvalue weighted by Crippen LogP contribution is -2.37. The molecule has 6 atom stereocenters. The molecule has 6 N–H and O–H groups in total. The molecule has 0 saturated heterocycles. The van der Waals surface area contributed by atoms with Crippen LogP contribution in [0.2, 0.25) is 0 Å². The first-order chi connectivity index (χ1) is 13.7. The van der Waals surface area contributed by atoms with E-state index in [0.29, 0.717) is 12.1 Å². The molecule has 0 heterocycles. The van der Waals surface area contributed by atoms with Gasteiger partial charge in [0.1, 0.15) is 0 Å². The van der Waals surface area contributed by atoms with Crippen molar-refractivity contribution in [3.05, 3.63) is 35.4 Å². The second-order valence-corrected chi connectivity index (χ2v) is 9.06. The fourth-order valence-corrected chi connectivity index (χ4v) is 4.72. The second-order valence-electron chi connectivity index (χ2n) is 9.06. The Kier molecular flexibility index (Phi) is 8.65. The van der Waals surface area contributed by atoms with Crippen molar-refractivity contribution < 1.29 is 19.8 Å². The smallest absolute Gasteiger partial charge is 0.335 e. The maximum absolute atomic E-state index is 10.3. The van der Waals surface area contributed by atoms with E-state index >= 15 is 0 Å². The van der Waals surface area contributed by atoms with Crippen LogP contribution in [0.15, 0.2) is 24.3 Å². The number of aromatic carboxylic acids is 2. The van der Waals surface area contributed by atoms with Gasteiger partial charge in [-0.3, -0.25) is 0 Å². The third kappa shape index (κ3) is 7.12. The number of rotatable bonds is 4. The highest BCUT2D eigenvalue weighted by atomic mass is 16.4. The van der Waals surface area contributed by atoms with Gasteiger partial charge in [0.15, 0.2) is 0 Å². The fourth-order valence-electron chi connectivity index (χ4n) is 4.72. The third-order valence-corrected chi connectivity index (χ3v) is 6.73. The van der Waals surface area contributed by atoms with Gasteiger partial charge >= 0.3 is 11.9 Å². The van der Waals surface area contributed by atoms with Crippen molar-refractivity contribution in [2.45, 2.75) is 70.9 Å². The van der Waals surface area contributed by atoms with Gasteiger partial charge < -0.3 is 21.7 Å². The first-order valence-electron chi connectivity index (χ1n) is 10.7. The van der Waals surface area contributed by atoms with Crippen molar-refractivity contribution in [1.82, 2.24) is 0 Å². The van der Waals surface area contributed by atoms with E-state index in [1.54, 1.807) is 0 Å². The van der Waals surface area contributed by atoms with Gasteiger partial charge in [0.2, 0.25) is 0 Å². The summed E-state index contributed by atoms with van der Waals surface area (Å²) in [6.07, 6.45) is 9.37. The Labute approximate surface area is 173 Å². The molecular weight excluding hydrogens is 368 g/mol. The zero-order chi connectivity index (χ0) is 21.6. The van der Waals surface area contributed by atoms with Gasteiger partial charge in [-0.15, -0.1) is 0 Å². The van der Waals surface area contributed by atoms with Crippen molar-refractivity contribution in [1.29, 1.82) is 0 Å². The Hall–Kier alpha value is -1.92. The summed E-state index contributed by atoms with van der Waals surface area (Å²) in [5.41, 5.74) is 12.4. The van der Waals surface area contributed by atoms with Crippen LogP contribution in [0.5, 0.6) is 0 Å². The van der Waals surface area contributed by atoms with Crippen molar-refractivity contribution in [2.24, 2.45) is 35.1 Å². The quantitative estimate of drug-likeness (QED) is 0.601. The monoisotopic (exact) mass is 404 g/mol. The summed E-state index contributed by atoms with van der Waals surface area (Å²) in [5.74, 6) is 1.22. The second kappa shape index (κ2) is 10.7. The molecule has 29 heavy (non-hydrogen) atoms. The van der Waals surface area contributed by atoms with Crippen LogP contribution in [0.1, 0.15) is 79.5 Å².